The van der Waals surface area contributed by atoms with Crippen LogP contribution in [0.4, 0.5) is 0 Å². The van der Waals surface area contributed by atoms with Crippen LogP contribution in [-0.2, 0) is 10.1 Å². The van der Waals surface area contributed by atoms with E-state index in [1.54, 1.807) is 21.3 Å². The third kappa shape index (κ3) is 3.99. The Hall–Kier alpha value is -4.95. The van der Waals surface area contributed by atoms with Crippen molar-refractivity contribution in [1.29, 1.82) is 5.26 Å². The van der Waals surface area contributed by atoms with E-state index < -0.39 is 16.6 Å². The van der Waals surface area contributed by atoms with E-state index in [0.29, 0.717) is 5.56 Å². The first kappa shape index (κ1) is 28.5. The summed E-state index contributed by atoms with van der Waals surface area (Å²) in [5.41, 5.74) is 11.4. The minimum Gasteiger partial charge on any atom is -0.427 e. The number of hydrogen-bond acceptors (Lipinski definition) is 3. The Morgan fingerprint density at radius 3 is 2.09 bits per heavy atom. The van der Waals surface area contributed by atoms with Crippen molar-refractivity contribution >= 4 is 23.7 Å². The molecule has 221 valence electrons. The van der Waals surface area contributed by atoms with E-state index in [-0.39, 0.29) is 0 Å². The van der Waals surface area contributed by atoms with Crippen LogP contribution in [0.3, 0.4) is 0 Å². The predicted octanol–water partition coefficient (Wildman–Crippen LogP) is 8.53. The van der Waals surface area contributed by atoms with Crippen molar-refractivity contribution < 1.29 is 9.76 Å². The first-order chi connectivity index (χ1) is 22.1. The zero-order chi connectivity index (χ0) is 31.8. The predicted molar refractivity (Wildman–Crippen MR) is 187 cm³/mol. The topological polar surface area (TPSA) is 53.2 Å². The van der Waals surface area contributed by atoms with Gasteiger partial charge in [-0.1, -0.05) is 109 Å². The van der Waals surface area contributed by atoms with Crippen molar-refractivity contribution in [3.63, 3.8) is 0 Å². The molecule has 0 heterocycles. The van der Waals surface area contributed by atoms with E-state index >= 15 is 0 Å². The standard InChI is InChI=1S/C42H33BNO2/c1-40(2,45)41(3,4)46-43-30-19-21-33-32-20-17-29(27-15-13-26(25-44)14-16-27)23-37(32)42(38(33)24-30)35-12-8-7-11-34(35)39-31-10-6-5-9-28(31)18-22-36(39)42/h5-24,45H,1-4H3. The third-order valence-electron chi connectivity index (χ3n) is 10.4. The van der Waals surface area contributed by atoms with Gasteiger partial charge in [0.25, 0.3) is 0 Å². The minimum absolute atomic E-state index is 0.543. The van der Waals surface area contributed by atoms with Gasteiger partial charge in [0.15, 0.2) is 0 Å². The summed E-state index contributed by atoms with van der Waals surface area (Å²) < 4.78 is 6.26. The molecule has 1 N–H and O–H groups in total. The molecule has 2 aliphatic carbocycles. The van der Waals surface area contributed by atoms with E-state index in [2.05, 4.69) is 103 Å². The molecule has 4 heteroatoms. The lowest BCUT2D eigenvalue weighted by molar-refractivity contribution is -0.0893. The lowest BCUT2D eigenvalue weighted by Crippen LogP contribution is -2.49. The van der Waals surface area contributed by atoms with E-state index in [1.807, 2.05) is 38.1 Å². The van der Waals surface area contributed by atoms with Crippen molar-refractivity contribution in [2.75, 3.05) is 0 Å². The van der Waals surface area contributed by atoms with Gasteiger partial charge in [-0.15, -0.1) is 0 Å². The molecule has 0 amide bonds. The van der Waals surface area contributed by atoms with Gasteiger partial charge in [-0.2, -0.15) is 5.26 Å². The van der Waals surface area contributed by atoms with Crippen LogP contribution in [0.5, 0.6) is 0 Å². The molecule has 2 aliphatic rings. The molecule has 8 rings (SSSR count). The van der Waals surface area contributed by atoms with Crippen LogP contribution < -0.4 is 5.46 Å². The molecule has 6 aromatic rings. The SMILES string of the molecule is CC(C)(O)C(C)(C)O[B]c1ccc2c(c1)C1(c3cc(-c4ccc(C#N)cc4)ccc3-2)c2ccccc2-c2c1ccc1ccccc21. The zero-order valence-electron chi connectivity index (χ0n) is 26.4. The van der Waals surface area contributed by atoms with Crippen molar-refractivity contribution in [2.45, 2.75) is 44.3 Å². The second-order valence-electron chi connectivity index (χ2n) is 13.6. The summed E-state index contributed by atoms with van der Waals surface area (Å²) in [7, 11) is 1.79. The van der Waals surface area contributed by atoms with Gasteiger partial charge >= 0.3 is 7.48 Å². The van der Waals surface area contributed by atoms with Crippen molar-refractivity contribution in [2.24, 2.45) is 0 Å². The maximum absolute atomic E-state index is 10.8. The molecule has 1 unspecified atom stereocenters. The smallest absolute Gasteiger partial charge is 0.330 e. The van der Waals surface area contributed by atoms with Crippen LogP contribution in [0.15, 0.2) is 121 Å². The average Bonchev–Trinajstić information content (AvgIpc) is 3.53. The Labute approximate surface area is 271 Å². The largest absolute Gasteiger partial charge is 0.427 e. The van der Waals surface area contributed by atoms with Crippen LogP contribution in [0.25, 0.3) is 44.2 Å². The highest BCUT2D eigenvalue weighted by Gasteiger charge is 2.52. The fraction of sp³-hybridized carbons (Fsp3) is 0.167. The molecule has 0 aromatic heterocycles. The third-order valence-corrected chi connectivity index (χ3v) is 10.4. The second-order valence-corrected chi connectivity index (χ2v) is 13.6. The highest BCUT2D eigenvalue weighted by Crippen LogP contribution is 2.63. The van der Waals surface area contributed by atoms with Gasteiger partial charge in [-0.3, -0.25) is 0 Å². The molecule has 0 saturated heterocycles. The molecule has 0 saturated carbocycles. The maximum Gasteiger partial charge on any atom is 0.330 e. The Bertz CT molecular complexity index is 2240. The lowest BCUT2D eigenvalue weighted by atomic mass is 9.69. The van der Waals surface area contributed by atoms with Gasteiger partial charge in [-0.25, -0.2) is 0 Å². The summed E-state index contributed by atoms with van der Waals surface area (Å²) in [6.07, 6.45) is 0. The van der Waals surface area contributed by atoms with Gasteiger partial charge in [0.05, 0.1) is 28.2 Å². The number of hydrogen-bond donors (Lipinski definition) is 1. The maximum atomic E-state index is 10.8. The summed E-state index contributed by atoms with van der Waals surface area (Å²) >= 11 is 0. The Balaban J connectivity index is 1.40. The number of fused-ring (bicyclic) bond motifs is 12. The molecule has 1 spiro atoms. The quantitative estimate of drug-likeness (QED) is 0.203. The fourth-order valence-electron chi connectivity index (χ4n) is 7.32. The lowest BCUT2D eigenvalue weighted by Gasteiger charge is -2.37. The minimum atomic E-state index is -1.02. The van der Waals surface area contributed by atoms with Crippen LogP contribution in [0.1, 0.15) is 55.5 Å². The fourth-order valence-corrected chi connectivity index (χ4v) is 7.32. The molecule has 46 heavy (non-hydrogen) atoms. The van der Waals surface area contributed by atoms with Crippen LogP contribution in [-0.4, -0.2) is 23.8 Å². The molecular formula is C42H33BNO2. The Kier molecular flexibility index (Phi) is 6.22. The molecular weight excluding hydrogens is 561 g/mol. The van der Waals surface area contributed by atoms with E-state index in [9.17, 15) is 10.4 Å². The molecule has 0 aliphatic heterocycles. The molecule has 1 radical (unpaired) electrons. The number of nitriles is 1. The zero-order valence-corrected chi connectivity index (χ0v) is 26.4. The number of rotatable bonds is 5. The van der Waals surface area contributed by atoms with Crippen LogP contribution in [0.2, 0.25) is 0 Å². The molecule has 0 bridgehead atoms. The van der Waals surface area contributed by atoms with Crippen molar-refractivity contribution in [1.82, 2.24) is 0 Å². The average molecular weight is 595 g/mol. The van der Waals surface area contributed by atoms with Gasteiger partial charge in [0, 0.05) is 0 Å². The molecule has 1 atom stereocenters. The molecule has 6 aromatic carbocycles. The van der Waals surface area contributed by atoms with Gasteiger partial charge in [-0.05, 0) is 112 Å². The summed E-state index contributed by atoms with van der Waals surface area (Å²) in [5.74, 6) is 0. The van der Waals surface area contributed by atoms with E-state index in [0.717, 1.165) is 16.6 Å². The van der Waals surface area contributed by atoms with Gasteiger partial charge in [0.1, 0.15) is 0 Å². The highest BCUT2D eigenvalue weighted by molar-refractivity contribution is 6.47. The first-order valence-corrected chi connectivity index (χ1v) is 15.8. The molecule has 3 nitrogen and oxygen atoms in total. The summed E-state index contributed by atoms with van der Waals surface area (Å²) in [6.45, 7) is 7.37. The van der Waals surface area contributed by atoms with E-state index in [4.69, 9.17) is 4.65 Å². The number of aliphatic hydroxyl groups is 1. The van der Waals surface area contributed by atoms with Gasteiger partial charge in [0.2, 0.25) is 0 Å². The Morgan fingerprint density at radius 2 is 1.33 bits per heavy atom. The monoisotopic (exact) mass is 594 g/mol. The number of nitrogens with zero attached hydrogens (tertiary/aromatic N) is 1. The van der Waals surface area contributed by atoms with Gasteiger partial charge < -0.3 is 9.76 Å². The van der Waals surface area contributed by atoms with Crippen LogP contribution in [0, 0.1) is 11.3 Å². The summed E-state index contributed by atoms with van der Waals surface area (Å²) in [6, 6.07) is 45.6. The highest BCUT2D eigenvalue weighted by atomic mass is 16.5. The van der Waals surface area contributed by atoms with Crippen LogP contribution >= 0.6 is 0 Å². The van der Waals surface area contributed by atoms with Crippen molar-refractivity contribution in [3.8, 4) is 39.4 Å². The summed E-state index contributed by atoms with van der Waals surface area (Å²) in [5, 5.41) is 22.6. The second kappa shape index (κ2) is 10.0. The number of benzene rings is 6. The van der Waals surface area contributed by atoms with Crippen molar-refractivity contribution in [3.05, 3.63) is 149 Å². The first-order valence-electron chi connectivity index (χ1n) is 15.8. The summed E-state index contributed by atoms with van der Waals surface area (Å²) in [4.78, 5) is 0. The van der Waals surface area contributed by atoms with E-state index in [1.165, 1.54) is 55.3 Å². The normalized spacial score (nSPS) is 16.1. The molecule has 0 fully saturated rings. The Morgan fingerprint density at radius 1 is 0.652 bits per heavy atom.